The molecule has 2 aromatic carbocycles. The Kier molecular flexibility index (Phi) is 5.62. The molecule has 0 aliphatic carbocycles. The normalized spacial score (nSPS) is 23.2. The highest BCUT2D eigenvalue weighted by atomic mass is 32.2. The van der Waals surface area contributed by atoms with Gasteiger partial charge < -0.3 is 15.0 Å². The summed E-state index contributed by atoms with van der Waals surface area (Å²) in [4.78, 5) is 27.3. The van der Waals surface area contributed by atoms with Crippen LogP contribution in [0.5, 0.6) is 5.75 Å². The molecule has 0 saturated carbocycles. The van der Waals surface area contributed by atoms with Crippen molar-refractivity contribution in [3.63, 3.8) is 0 Å². The number of para-hydroxylation sites is 1. The molecule has 0 bridgehead atoms. The number of sulfonamides is 1. The largest absolute Gasteiger partial charge is 0.479 e. The molecule has 8 nitrogen and oxygen atoms in total. The molecule has 9 heteroatoms. The number of benzene rings is 2. The Labute approximate surface area is 193 Å². The first-order valence-corrected chi connectivity index (χ1v) is 12.8. The van der Waals surface area contributed by atoms with Gasteiger partial charge >= 0.3 is 0 Å². The number of ether oxygens (including phenoxy) is 1. The van der Waals surface area contributed by atoms with Crippen molar-refractivity contribution in [3.05, 3.63) is 48.0 Å². The Balaban J connectivity index is 1.36. The smallest absolute Gasteiger partial charge is 0.265 e. The van der Waals surface area contributed by atoms with Gasteiger partial charge in [-0.1, -0.05) is 18.2 Å². The summed E-state index contributed by atoms with van der Waals surface area (Å²) < 4.78 is 33.7. The lowest BCUT2D eigenvalue weighted by Crippen LogP contribution is -2.48. The molecular formula is C24H27N3O5S. The SMILES string of the molecule is CC1Oc2ccc(S(=O)(=O)N3CCCC(C(=O)N4CCCc5ccccc54)C3)cc2NC1=O. The van der Waals surface area contributed by atoms with Crippen LogP contribution in [0.25, 0.3) is 0 Å². The zero-order chi connectivity index (χ0) is 23.2. The summed E-state index contributed by atoms with van der Waals surface area (Å²) >= 11 is 0. The third kappa shape index (κ3) is 4.00. The quantitative estimate of drug-likeness (QED) is 0.746. The van der Waals surface area contributed by atoms with E-state index in [-0.39, 0.29) is 29.2 Å². The highest BCUT2D eigenvalue weighted by Crippen LogP contribution is 2.35. The third-order valence-corrected chi connectivity index (χ3v) is 8.49. The lowest BCUT2D eigenvalue weighted by atomic mass is 9.95. The van der Waals surface area contributed by atoms with E-state index in [0.717, 1.165) is 24.1 Å². The molecule has 3 aliphatic heterocycles. The van der Waals surface area contributed by atoms with E-state index in [2.05, 4.69) is 5.32 Å². The maximum absolute atomic E-state index is 13.4. The van der Waals surface area contributed by atoms with Crippen LogP contribution in [-0.4, -0.2) is 50.3 Å². The van der Waals surface area contributed by atoms with E-state index in [1.165, 1.54) is 16.4 Å². The number of nitrogens with zero attached hydrogens (tertiary/aromatic N) is 2. The molecule has 2 amide bonds. The molecule has 2 unspecified atom stereocenters. The van der Waals surface area contributed by atoms with Gasteiger partial charge in [-0.2, -0.15) is 4.31 Å². The fourth-order valence-corrected chi connectivity index (χ4v) is 6.39. The first-order valence-electron chi connectivity index (χ1n) is 11.4. The molecule has 3 aliphatic rings. The fraction of sp³-hybridized carbons (Fsp3) is 0.417. The zero-order valence-corrected chi connectivity index (χ0v) is 19.3. The van der Waals surface area contributed by atoms with Crippen LogP contribution in [0, 0.1) is 5.92 Å². The molecule has 0 aromatic heterocycles. The topological polar surface area (TPSA) is 96.0 Å². The molecule has 5 rings (SSSR count). The first kappa shape index (κ1) is 21.9. The minimum absolute atomic E-state index is 0.0119. The number of anilines is 2. The lowest BCUT2D eigenvalue weighted by Gasteiger charge is -2.36. The van der Waals surface area contributed by atoms with Crippen molar-refractivity contribution in [1.29, 1.82) is 0 Å². The number of carbonyl (C=O) groups is 2. The van der Waals surface area contributed by atoms with Gasteiger partial charge in [0.1, 0.15) is 5.75 Å². The average molecular weight is 470 g/mol. The van der Waals surface area contributed by atoms with E-state index in [4.69, 9.17) is 4.74 Å². The van der Waals surface area contributed by atoms with E-state index in [9.17, 15) is 18.0 Å². The third-order valence-electron chi connectivity index (χ3n) is 6.63. The highest BCUT2D eigenvalue weighted by molar-refractivity contribution is 7.89. The van der Waals surface area contributed by atoms with Gasteiger partial charge in [0, 0.05) is 25.3 Å². The fourth-order valence-electron chi connectivity index (χ4n) is 4.84. The molecule has 174 valence electrons. The lowest BCUT2D eigenvalue weighted by molar-refractivity contribution is -0.124. The van der Waals surface area contributed by atoms with Crippen LogP contribution in [0.15, 0.2) is 47.4 Å². The van der Waals surface area contributed by atoms with Crippen molar-refractivity contribution in [2.75, 3.05) is 29.9 Å². The van der Waals surface area contributed by atoms with Crippen LogP contribution in [-0.2, 0) is 26.0 Å². The van der Waals surface area contributed by atoms with Crippen LogP contribution in [0.2, 0.25) is 0 Å². The maximum atomic E-state index is 13.4. The van der Waals surface area contributed by atoms with Crippen molar-refractivity contribution in [3.8, 4) is 5.75 Å². The summed E-state index contributed by atoms with van der Waals surface area (Å²) in [5.41, 5.74) is 2.44. The number of rotatable bonds is 3. The molecule has 1 saturated heterocycles. The summed E-state index contributed by atoms with van der Waals surface area (Å²) in [6, 6.07) is 12.4. The first-order chi connectivity index (χ1) is 15.8. The molecule has 33 heavy (non-hydrogen) atoms. The van der Waals surface area contributed by atoms with Crippen LogP contribution >= 0.6 is 0 Å². The second-order valence-corrected chi connectivity index (χ2v) is 10.8. The Morgan fingerprint density at radius 2 is 1.94 bits per heavy atom. The Morgan fingerprint density at radius 1 is 1.12 bits per heavy atom. The van der Waals surface area contributed by atoms with E-state index in [1.54, 1.807) is 13.0 Å². The second-order valence-electron chi connectivity index (χ2n) is 8.83. The summed E-state index contributed by atoms with van der Waals surface area (Å²) in [7, 11) is -3.83. The standard InChI is InChI=1S/C24H27N3O5S/c1-16-23(28)25-20-14-19(10-11-22(20)32-16)33(30,31)26-12-4-8-18(15-26)24(29)27-13-5-7-17-6-2-3-9-21(17)27/h2-3,6,9-11,14,16,18H,4-5,7-8,12-13,15H2,1H3,(H,25,28). The number of aryl methyl sites for hydroxylation is 1. The van der Waals surface area contributed by atoms with Crippen molar-refractivity contribution in [2.45, 2.75) is 43.6 Å². The van der Waals surface area contributed by atoms with E-state index in [0.29, 0.717) is 37.4 Å². The van der Waals surface area contributed by atoms with E-state index in [1.807, 2.05) is 29.2 Å². The van der Waals surface area contributed by atoms with Gasteiger partial charge in [0.05, 0.1) is 16.5 Å². The summed E-state index contributed by atoms with van der Waals surface area (Å²) in [6.07, 6.45) is 2.50. The molecule has 0 spiro atoms. The number of hydrogen-bond donors (Lipinski definition) is 1. The molecule has 2 atom stereocenters. The van der Waals surface area contributed by atoms with Gasteiger partial charge in [-0.25, -0.2) is 8.42 Å². The van der Waals surface area contributed by atoms with Crippen molar-refractivity contribution < 1.29 is 22.7 Å². The van der Waals surface area contributed by atoms with Gasteiger partial charge in [0.25, 0.3) is 5.91 Å². The van der Waals surface area contributed by atoms with Crippen molar-refractivity contribution in [2.24, 2.45) is 5.92 Å². The Hall–Kier alpha value is -2.91. The molecule has 1 fully saturated rings. The van der Waals surface area contributed by atoms with Gasteiger partial charge in [-0.05, 0) is 62.4 Å². The van der Waals surface area contributed by atoms with Crippen LogP contribution in [0.1, 0.15) is 31.7 Å². The molecule has 0 radical (unpaired) electrons. The van der Waals surface area contributed by atoms with Gasteiger partial charge in [0.2, 0.25) is 15.9 Å². The zero-order valence-electron chi connectivity index (χ0n) is 18.5. The molecule has 2 aromatic rings. The number of fused-ring (bicyclic) bond motifs is 2. The minimum Gasteiger partial charge on any atom is -0.479 e. The number of hydrogen-bond acceptors (Lipinski definition) is 5. The van der Waals surface area contributed by atoms with Crippen LogP contribution < -0.4 is 15.0 Å². The molecule has 3 heterocycles. The number of piperidine rings is 1. The Bertz CT molecular complexity index is 1210. The monoisotopic (exact) mass is 469 g/mol. The second kappa shape index (κ2) is 8.46. The average Bonchev–Trinajstić information content (AvgIpc) is 2.83. The predicted molar refractivity (Wildman–Crippen MR) is 124 cm³/mol. The van der Waals surface area contributed by atoms with Gasteiger partial charge in [0.15, 0.2) is 6.10 Å². The van der Waals surface area contributed by atoms with Crippen molar-refractivity contribution >= 4 is 33.2 Å². The predicted octanol–water partition coefficient (Wildman–Crippen LogP) is 2.79. The Morgan fingerprint density at radius 3 is 2.79 bits per heavy atom. The number of carbonyl (C=O) groups excluding carboxylic acids is 2. The summed E-state index contributed by atoms with van der Waals surface area (Å²) in [6.45, 7) is 2.80. The molecular weight excluding hydrogens is 442 g/mol. The summed E-state index contributed by atoms with van der Waals surface area (Å²) in [5.74, 6) is -0.276. The minimum atomic E-state index is -3.83. The van der Waals surface area contributed by atoms with Crippen LogP contribution in [0.3, 0.4) is 0 Å². The number of amides is 2. The van der Waals surface area contributed by atoms with E-state index >= 15 is 0 Å². The van der Waals surface area contributed by atoms with E-state index < -0.39 is 16.1 Å². The summed E-state index contributed by atoms with van der Waals surface area (Å²) in [5, 5.41) is 2.70. The van der Waals surface area contributed by atoms with Gasteiger partial charge in [-0.3, -0.25) is 9.59 Å². The maximum Gasteiger partial charge on any atom is 0.265 e. The van der Waals surface area contributed by atoms with Crippen molar-refractivity contribution in [1.82, 2.24) is 4.31 Å². The highest BCUT2D eigenvalue weighted by Gasteiger charge is 2.37. The van der Waals surface area contributed by atoms with Gasteiger partial charge in [-0.15, -0.1) is 0 Å². The van der Waals surface area contributed by atoms with Crippen LogP contribution in [0.4, 0.5) is 11.4 Å². The number of nitrogens with one attached hydrogen (secondary N) is 1. The molecule has 1 N–H and O–H groups in total.